The maximum Gasteiger partial charge on any atom is 0.0994 e. The molecule has 0 aliphatic heterocycles. The molecule has 204 valence electrons. The standard InChI is InChI=1S/C18H19N3.C12H20.C5H10/c1-5-15(17-9-21-10-18(20)13(17)4)16-7-14(8-19)11(2)6-12(16)3;1-6-11(4)9-12(5)8-7-10(2)3;1-3-5-4-2/h5-7,9-10H,20H2,1-4H3;7-9,11H,2,6H2,1,3-5H3;3,5H,4H2,1-2H3/b15-5+;8-7-,12-9-;5-3-. The highest BCUT2D eigenvalue weighted by atomic mass is 14.7. The normalized spacial score (nSPS) is 12.3. The monoisotopic (exact) mass is 511 g/mol. The number of nitrogens with two attached hydrogens (primary N) is 1. The summed E-state index contributed by atoms with van der Waals surface area (Å²) in [6, 6.07) is 6.25. The Morgan fingerprint density at radius 1 is 1.05 bits per heavy atom. The average Bonchev–Trinajstić information content (AvgIpc) is 2.88. The van der Waals surface area contributed by atoms with Crippen molar-refractivity contribution in [1.82, 2.24) is 4.98 Å². The number of pyridine rings is 1. The number of hydrogen-bond donors (Lipinski definition) is 1. The molecule has 0 bridgehead atoms. The Labute approximate surface area is 233 Å². The molecular formula is C35H49N3. The lowest BCUT2D eigenvalue weighted by atomic mass is 9.90. The first kappa shape index (κ1) is 34.4. The summed E-state index contributed by atoms with van der Waals surface area (Å²) in [6.07, 6.45) is 18.5. The van der Waals surface area contributed by atoms with Crippen LogP contribution in [-0.2, 0) is 0 Å². The van der Waals surface area contributed by atoms with E-state index in [1.165, 1.54) is 12.0 Å². The fraction of sp³-hybridized carbons (Fsp3) is 0.371. The SMILES string of the molecule is C/C=C(\c1cc(C#N)c(C)cc1C)c1cncc(N)c1C.C/C=C\CC.C=C(C)/C=C\C(C)=C/C(C)CC. The van der Waals surface area contributed by atoms with E-state index in [9.17, 15) is 5.26 Å². The van der Waals surface area contributed by atoms with Crippen LogP contribution in [0.2, 0.25) is 0 Å². The third kappa shape index (κ3) is 12.1. The first-order chi connectivity index (χ1) is 18.0. The fourth-order valence-electron chi connectivity index (χ4n) is 3.66. The summed E-state index contributed by atoms with van der Waals surface area (Å²) in [5.74, 6) is 0.680. The van der Waals surface area contributed by atoms with Gasteiger partial charge in [0.1, 0.15) is 0 Å². The molecule has 0 fully saturated rings. The van der Waals surface area contributed by atoms with Crippen LogP contribution in [0.15, 0.2) is 78.7 Å². The van der Waals surface area contributed by atoms with Crippen molar-refractivity contribution >= 4 is 11.3 Å². The molecule has 0 aliphatic rings. The summed E-state index contributed by atoms with van der Waals surface area (Å²) in [4.78, 5) is 4.20. The molecule has 0 aliphatic carbocycles. The predicted octanol–water partition coefficient (Wildman–Crippen LogP) is 10.00. The molecule has 0 saturated carbocycles. The van der Waals surface area contributed by atoms with Crippen molar-refractivity contribution < 1.29 is 0 Å². The quantitative estimate of drug-likeness (QED) is 0.297. The Balaban J connectivity index is 0.000000680. The van der Waals surface area contributed by atoms with E-state index in [1.54, 1.807) is 6.20 Å². The van der Waals surface area contributed by atoms with Crippen molar-refractivity contribution in [3.63, 3.8) is 0 Å². The minimum Gasteiger partial charge on any atom is -0.397 e. The number of benzene rings is 1. The van der Waals surface area contributed by atoms with Gasteiger partial charge >= 0.3 is 0 Å². The van der Waals surface area contributed by atoms with Gasteiger partial charge in [-0.2, -0.15) is 5.26 Å². The predicted molar refractivity (Wildman–Crippen MR) is 169 cm³/mol. The number of rotatable bonds is 7. The van der Waals surface area contributed by atoms with Crippen molar-refractivity contribution in [1.29, 1.82) is 5.26 Å². The van der Waals surface area contributed by atoms with Gasteiger partial charge in [0.15, 0.2) is 0 Å². The van der Waals surface area contributed by atoms with Crippen LogP contribution >= 0.6 is 0 Å². The Morgan fingerprint density at radius 3 is 2.18 bits per heavy atom. The second kappa shape index (κ2) is 18.6. The number of hydrogen-bond acceptors (Lipinski definition) is 3. The van der Waals surface area contributed by atoms with Crippen LogP contribution < -0.4 is 5.73 Å². The number of aryl methyl sites for hydroxylation is 2. The molecule has 38 heavy (non-hydrogen) atoms. The van der Waals surface area contributed by atoms with Gasteiger partial charge in [-0.1, -0.05) is 87.4 Å². The van der Waals surface area contributed by atoms with Crippen LogP contribution in [0.3, 0.4) is 0 Å². The van der Waals surface area contributed by atoms with E-state index in [-0.39, 0.29) is 0 Å². The summed E-state index contributed by atoms with van der Waals surface area (Å²) in [6.45, 7) is 24.5. The summed E-state index contributed by atoms with van der Waals surface area (Å²) in [7, 11) is 0. The summed E-state index contributed by atoms with van der Waals surface area (Å²) in [5, 5.41) is 9.26. The number of anilines is 1. The minimum absolute atomic E-state index is 0.678. The zero-order valence-corrected chi connectivity index (χ0v) is 25.4. The maximum atomic E-state index is 9.26. The van der Waals surface area contributed by atoms with E-state index < -0.39 is 0 Å². The fourth-order valence-corrected chi connectivity index (χ4v) is 3.66. The van der Waals surface area contributed by atoms with Gasteiger partial charge in [0.05, 0.1) is 23.5 Å². The molecule has 0 spiro atoms. The zero-order chi connectivity index (χ0) is 29.3. The third-order valence-corrected chi connectivity index (χ3v) is 6.11. The van der Waals surface area contributed by atoms with Crippen molar-refractivity contribution in [2.24, 2.45) is 5.92 Å². The average molecular weight is 512 g/mol. The van der Waals surface area contributed by atoms with Crippen molar-refractivity contribution in [2.75, 3.05) is 5.73 Å². The zero-order valence-electron chi connectivity index (χ0n) is 25.4. The van der Waals surface area contributed by atoms with E-state index in [2.05, 4.69) is 76.6 Å². The summed E-state index contributed by atoms with van der Waals surface area (Å²) < 4.78 is 0. The van der Waals surface area contributed by atoms with Crippen molar-refractivity contribution in [3.05, 3.63) is 112 Å². The van der Waals surface area contributed by atoms with E-state index in [1.807, 2.05) is 65.1 Å². The molecule has 0 amide bonds. The lowest BCUT2D eigenvalue weighted by Crippen LogP contribution is -2.00. The number of nitriles is 1. The molecular weight excluding hydrogens is 462 g/mol. The van der Waals surface area contributed by atoms with Crippen LogP contribution in [-0.4, -0.2) is 4.98 Å². The molecule has 3 heteroatoms. The largest absolute Gasteiger partial charge is 0.397 e. The Hall–Kier alpha value is -3.64. The van der Waals surface area contributed by atoms with Crippen LogP contribution in [0.4, 0.5) is 5.69 Å². The highest BCUT2D eigenvalue weighted by molar-refractivity contribution is 5.84. The topological polar surface area (TPSA) is 62.7 Å². The van der Waals surface area contributed by atoms with Crippen LogP contribution in [0.5, 0.6) is 0 Å². The molecule has 1 heterocycles. The highest BCUT2D eigenvalue weighted by Crippen LogP contribution is 2.31. The van der Waals surface area contributed by atoms with Gasteiger partial charge in [-0.05, 0) is 94.7 Å². The van der Waals surface area contributed by atoms with Gasteiger partial charge in [-0.3, -0.25) is 4.98 Å². The molecule has 3 nitrogen and oxygen atoms in total. The lowest BCUT2D eigenvalue weighted by molar-refractivity contribution is 0.694. The summed E-state index contributed by atoms with van der Waals surface area (Å²) >= 11 is 0. The first-order valence-electron chi connectivity index (χ1n) is 13.5. The number of nitrogens with zero attached hydrogens (tertiary/aromatic N) is 2. The van der Waals surface area contributed by atoms with Gasteiger partial charge in [0, 0.05) is 11.8 Å². The number of allylic oxidation sites excluding steroid dienone is 8. The Morgan fingerprint density at radius 2 is 1.71 bits per heavy atom. The van der Waals surface area contributed by atoms with Crippen LogP contribution in [0.1, 0.15) is 94.7 Å². The van der Waals surface area contributed by atoms with Gasteiger partial charge in [0.25, 0.3) is 0 Å². The van der Waals surface area contributed by atoms with Gasteiger partial charge in [0.2, 0.25) is 0 Å². The molecule has 2 N–H and O–H groups in total. The van der Waals surface area contributed by atoms with Crippen LogP contribution in [0, 0.1) is 38.0 Å². The van der Waals surface area contributed by atoms with E-state index in [4.69, 9.17) is 5.73 Å². The molecule has 1 unspecified atom stereocenters. The van der Waals surface area contributed by atoms with Gasteiger partial charge < -0.3 is 5.73 Å². The Bertz CT molecular complexity index is 1200. The molecule has 0 saturated heterocycles. The van der Waals surface area contributed by atoms with Crippen molar-refractivity contribution in [2.45, 2.75) is 82.1 Å². The van der Waals surface area contributed by atoms with Gasteiger partial charge in [-0.15, -0.1) is 0 Å². The number of aromatic nitrogens is 1. The van der Waals surface area contributed by atoms with E-state index in [0.717, 1.165) is 45.4 Å². The molecule has 2 rings (SSSR count). The van der Waals surface area contributed by atoms with Gasteiger partial charge in [-0.25, -0.2) is 0 Å². The summed E-state index contributed by atoms with van der Waals surface area (Å²) in [5.41, 5.74) is 16.0. The van der Waals surface area contributed by atoms with Crippen molar-refractivity contribution in [3.8, 4) is 6.07 Å². The lowest BCUT2D eigenvalue weighted by Gasteiger charge is -2.15. The molecule has 2 aromatic rings. The van der Waals surface area contributed by atoms with E-state index in [0.29, 0.717) is 17.2 Å². The molecule has 0 radical (unpaired) electrons. The third-order valence-electron chi connectivity index (χ3n) is 6.11. The van der Waals surface area contributed by atoms with Crippen LogP contribution in [0.25, 0.3) is 5.57 Å². The molecule has 1 aromatic heterocycles. The minimum atomic E-state index is 0.678. The maximum absolute atomic E-state index is 9.26. The highest BCUT2D eigenvalue weighted by Gasteiger charge is 2.13. The molecule has 1 atom stereocenters. The first-order valence-corrected chi connectivity index (χ1v) is 13.5. The second-order valence-electron chi connectivity index (χ2n) is 9.65. The smallest absolute Gasteiger partial charge is 0.0994 e. The Kier molecular flexibility index (Phi) is 16.8. The second-order valence-corrected chi connectivity index (χ2v) is 9.65. The number of nitrogen functional groups attached to an aromatic ring is 1. The molecule has 1 aromatic carbocycles. The van der Waals surface area contributed by atoms with E-state index >= 15 is 0 Å².